The molecule has 0 aromatic carbocycles. The van der Waals surface area contributed by atoms with Gasteiger partial charge in [0.25, 0.3) is 7.82 Å². The maximum absolute atomic E-state index is 13.0. The molecule has 0 bridgehead atoms. The molecule has 0 aliphatic heterocycles. The second-order valence-corrected chi connectivity index (χ2v) is 23.1. The number of phosphoric acid groups is 1. The molecule has 0 aromatic rings. The van der Waals surface area contributed by atoms with Crippen molar-refractivity contribution < 1.29 is 32.9 Å². The molecule has 0 aliphatic carbocycles. The van der Waals surface area contributed by atoms with E-state index in [1.165, 1.54) is 161 Å². The van der Waals surface area contributed by atoms with Gasteiger partial charge in [0.1, 0.15) is 13.2 Å². The fraction of sp³-hybridized carbons (Fsp3) is 0.823. The van der Waals surface area contributed by atoms with Crippen LogP contribution >= 0.6 is 7.82 Å². The summed E-state index contributed by atoms with van der Waals surface area (Å²) in [6.07, 6.45) is 71.2. The van der Waals surface area contributed by atoms with E-state index in [2.05, 4.69) is 79.9 Å². The zero-order valence-corrected chi connectivity index (χ0v) is 48.3. The van der Waals surface area contributed by atoms with Gasteiger partial charge >= 0.3 is 0 Å². The molecular formula is C62H117N2O6P. The number of carbonyl (C=O) groups excluding carboxylic acids is 1. The number of rotatable bonds is 55. The molecule has 0 heterocycles. The first-order chi connectivity index (χ1) is 34.5. The smallest absolute Gasteiger partial charge is 0.268 e. The summed E-state index contributed by atoms with van der Waals surface area (Å²) in [5, 5.41) is 14.0. The Bertz CT molecular complexity index is 1340. The van der Waals surface area contributed by atoms with Crippen LogP contribution in [0, 0.1) is 0 Å². The molecule has 0 rings (SSSR count). The fourth-order valence-corrected chi connectivity index (χ4v) is 9.56. The molecule has 0 saturated carbocycles. The van der Waals surface area contributed by atoms with E-state index in [0.29, 0.717) is 23.9 Å². The maximum atomic E-state index is 13.0. The van der Waals surface area contributed by atoms with E-state index >= 15 is 0 Å². The normalized spacial score (nSPS) is 14.3. The van der Waals surface area contributed by atoms with E-state index in [9.17, 15) is 19.4 Å². The monoisotopic (exact) mass is 1020 g/mol. The number of amides is 1. The van der Waals surface area contributed by atoms with Gasteiger partial charge in [-0.15, -0.1) is 0 Å². The van der Waals surface area contributed by atoms with E-state index in [1.807, 2.05) is 21.1 Å². The molecule has 0 spiro atoms. The summed E-state index contributed by atoms with van der Waals surface area (Å²) >= 11 is 0. The molecule has 9 heteroatoms. The van der Waals surface area contributed by atoms with Gasteiger partial charge in [0.15, 0.2) is 0 Å². The van der Waals surface area contributed by atoms with Crippen molar-refractivity contribution in [2.45, 2.75) is 289 Å². The average Bonchev–Trinajstić information content (AvgIpc) is 3.33. The Hall–Kier alpha value is -1.80. The van der Waals surface area contributed by atoms with Crippen LogP contribution in [-0.2, 0) is 18.4 Å². The van der Waals surface area contributed by atoms with E-state index < -0.39 is 20.0 Å². The number of quaternary nitrogens is 1. The minimum absolute atomic E-state index is 0.00576. The number of carbonyl (C=O) groups is 1. The summed E-state index contributed by atoms with van der Waals surface area (Å²) in [7, 11) is 1.29. The Morgan fingerprint density at radius 3 is 1.25 bits per heavy atom. The molecule has 1 amide bonds. The number of likely N-dealkylation sites (N-methyl/N-ethyl adjacent to an activating group) is 1. The Kier molecular flexibility index (Phi) is 51.7. The molecule has 3 atom stereocenters. The third-order valence-electron chi connectivity index (χ3n) is 13.5. The van der Waals surface area contributed by atoms with Gasteiger partial charge in [-0.25, -0.2) is 0 Å². The molecule has 71 heavy (non-hydrogen) atoms. The van der Waals surface area contributed by atoms with Crippen molar-refractivity contribution in [3.8, 4) is 0 Å². The Labute approximate surface area is 441 Å². The summed E-state index contributed by atoms with van der Waals surface area (Å²) in [6.45, 7) is 4.62. The maximum Gasteiger partial charge on any atom is 0.268 e. The molecule has 2 N–H and O–H groups in total. The van der Waals surface area contributed by atoms with Gasteiger partial charge in [0, 0.05) is 6.42 Å². The largest absolute Gasteiger partial charge is 0.756 e. The first-order valence-corrected chi connectivity index (χ1v) is 31.6. The van der Waals surface area contributed by atoms with Crippen LogP contribution in [0.3, 0.4) is 0 Å². The Morgan fingerprint density at radius 2 is 0.859 bits per heavy atom. The molecule has 0 radical (unpaired) electrons. The minimum atomic E-state index is -4.58. The van der Waals surface area contributed by atoms with E-state index in [4.69, 9.17) is 9.05 Å². The first kappa shape index (κ1) is 69.2. The molecule has 0 fully saturated rings. The van der Waals surface area contributed by atoms with Crippen LogP contribution in [0.2, 0.25) is 0 Å². The standard InChI is InChI=1S/C62H117N2O6P/c1-6-8-10-12-14-16-18-20-22-24-26-28-29-30-31-32-33-34-36-37-39-41-43-45-47-49-51-53-55-61(65)60(59-70-71(67,68)69-58-57-64(3,4)5)63-62(66)56-54-52-50-48-46-44-42-40-38-35-27-25-23-21-19-17-15-13-11-9-7-2/h9,11,15,17,21,23,27,35,40,42,60-61,65H,6-8,10,12-14,16,18-20,22,24-26,28-34,36-39,41,43-59H2,1-5H3,(H-,63,66,67,68)/b11-9-,17-15-,23-21-,35-27-,42-40-. The lowest BCUT2D eigenvalue weighted by Gasteiger charge is -2.30. The quantitative estimate of drug-likeness (QED) is 0.0272. The Balaban J connectivity index is 4.15. The molecule has 416 valence electrons. The van der Waals surface area contributed by atoms with Crippen LogP contribution in [0.25, 0.3) is 0 Å². The highest BCUT2D eigenvalue weighted by Crippen LogP contribution is 2.38. The predicted octanol–water partition coefficient (Wildman–Crippen LogP) is 17.9. The van der Waals surface area contributed by atoms with Crippen molar-refractivity contribution in [3.63, 3.8) is 0 Å². The third kappa shape index (κ3) is 55.8. The number of nitrogens with zero attached hydrogens (tertiary/aromatic N) is 1. The molecule has 0 saturated heterocycles. The summed E-state index contributed by atoms with van der Waals surface area (Å²) in [6, 6.07) is -0.816. The lowest BCUT2D eigenvalue weighted by molar-refractivity contribution is -0.870. The number of aliphatic hydroxyl groups excluding tert-OH is 1. The van der Waals surface area contributed by atoms with Crippen molar-refractivity contribution in [2.24, 2.45) is 0 Å². The van der Waals surface area contributed by atoms with Crippen LogP contribution in [0.1, 0.15) is 277 Å². The Morgan fingerprint density at radius 1 is 0.507 bits per heavy atom. The highest BCUT2D eigenvalue weighted by Gasteiger charge is 2.24. The second-order valence-electron chi connectivity index (χ2n) is 21.7. The summed E-state index contributed by atoms with van der Waals surface area (Å²) in [5.74, 6) is -0.182. The van der Waals surface area contributed by atoms with Crippen molar-refractivity contribution in [1.82, 2.24) is 5.32 Å². The van der Waals surface area contributed by atoms with Gasteiger partial charge in [-0.05, 0) is 57.8 Å². The minimum Gasteiger partial charge on any atom is -0.756 e. The number of aliphatic hydroxyl groups is 1. The topological polar surface area (TPSA) is 108 Å². The van der Waals surface area contributed by atoms with Crippen LogP contribution in [-0.4, -0.2) is 68.5 Å². The second kappa shape index (κ2) is 53.0. The molecule has 0 aromatic heterocycles. The van der Waals surface area contributed by atoms with Crippen molar-refractivity contribution in [1.29, 1.82) is 0 Å². The van der Waals surface area contributed by atoms with Gasteiger partial charge in [-0.3, -0.25) is 9.36 Å². The van der Waals surface area contributed by atoms with Gasteiger partial charge in [-0.1, -0.05) is 274 Å². The summed E-state index contributed by atoms with van der Waals surface area (Å²) in [5.41, 5.74) is 0. The molecular weight excluding hydrogens is 900 g/mol. The number of hydrogen-bond donors (Lipinski definition) is 2. The van der Waals surface area contributed by atoms with Crippen molar-refractivity contribution in [2.75, 3.05) is 40.9 Å². The zero-order valence-electron chi connectivity index (χ0n) is 47.4. The van der Waals surface area contributed by atoms with Crippen LogP contribution in [0.5, 0.6) is 0 Å². The molecule has 0 aliphatic rings. The SMILES string of the molecule is CC/C=C\C/C=C\C/C=C\C/C=C\C/C=C\CCCCCCCC(=O)NC(COP(=O)([O-])OCC[N+](C)(C)C)C(O)CCCCCCCCCCCCCCCCCCCCCCCCCCCCCC. The van der Waals surface area contributed by atoms with Crippen LogP contribution in [0.4, 0.5) is 0 Å². The lowest BCUT2D eigenvalue weighted by Crippen LogP contribution is -2.46. The van der Waals surface area contributed by atoms with Gasteiger partial charge in [0.2, 0.25) is 5.91 Å². The average molecular weight is 1020 g/mol. The predicted molar refractivity (Wildman–Crippen MR) is 307 cm³/mol. The van der Waals surface area contributed by atoms with E-state index in [0.717, 1.165) is 89.9 Å². The highest BCUT2D eigenvalue weighted by molar-refractivity contribution is 7.45. The van der Waals surface area contributed by atoms with Gasteiger partial charge in [0.05, 0.1) is 39.9 Å². The molecule has 3 unspecified atom stereocenters. The van der Waals surface area contributed by atoms with Gasteiger partial charge < -0.3 is 28.8 Å². The number of nitrogens with one attached hydrogen (secondary N) is 1. The van der Waals surface area contributed by atoms with E-state index in [-0.39, 0.29) is 19.1 Å². The summed E-state index contributed by atoms with van der Waals surface area (Å²) in [4.78, 5) is 25.6. The lowest BCUT2D eigenvalue weighted by atomic mass is 10.0. The van der Waals surface area contributed by atoms with Crippen LogP contribution in [0.15, 0.2) is 60.8 Å². The van der Waals surface area contributed by atoms with Crippen molar-refractivity contribution >= 4 is 13.7 Å². The zero-order chi connectivity index (χ0) is 52.0. The first-order valence-electron chi connectivity index (χ1n) is 30.1. The molecule has 8 nitrogen and oxygen atoms in total. The fourth-order valence-electron chi connectivity index (χ4n) is 8.83. The number of phosphoric ester groups is 1. The van der Waals surface area contributed by atoms with Gasteiger partial charge in [-0.2, -0.15) is 0 Å². The number of hydrogen-bond acceptors (Lipinski definition) is 6. The highest BCUT2D eigenvalue weighted by atomic mass is 31.2. The number of unbranched alkanes of at least 4 members (excludes halogenated alkanes) is 32. The van der Waals surface area contributed by atoms with Crippen LogP contribution < -0.4 is 10.2 Å². The van der Waals surface area contributed by atoms with Crippen molar-refractivity contribution in [3.05, 3.63) is 60.8 Å². The third-order valence-corrected chi connectivity index (χ3v) is 14.5. The van der Waals surface area contributed by atoms with E-state index in [1.54, 1.807) is 0 Å². The summed E-state index contributed by atoms with van der Waals surface area (Å²) < 4.78 is 23.4. The number of allylic oxidation sites excluding steroid dienone is 10.